The summed E-state index contributed by atoms with van der Waals surface area (Å²) in [6, 6.07) is 20.5. The van der Waals surface area contributed by atoms with Crippen LogP contribution in [0.4, 0.5) is 11.6 Å². The van der Waals surface area contributed by atoms with Gasteiger partial charge >= 0.3 is 0 Å². The Morgan fingerprint density at radius 1 is 0.844 bits per heavy atom. The van der Waals surface area contributed by atoms with E-state index in [2.05, 4.69) is 38.2 Å². The van der Waals surface area contributed by atoms with Crippen molar-refractivity contribution >= 4 is 11.6 Å². The largest absolute Gasteiger partial charge is 0.438 e. The lowest BCUT2D eigenvalue weighted by molar-refractivity contribution is 0.455. The third-order valence-corrected chi connectivity index (χ3v) is 4.57. The highest BCUT2D eigenvalue weighted by Crippen LogP contribution is 2.29. The minimum Gasteiger partial charge on any atom is -0.438 e. The van der Waals surface area contributed by atoms with E-state index in [4.69, 9.17) is 10.00 Å². The molecule has 0 aliphatic rings. The van der Waals surface area contributed by atoms with E-state index < -0.39 is 0 Å². The maximum atomic E-state index is 8.92. The summed E-state index contributed by atoms with van der Waals surface area (Å²) in [7, 11) is 0. The van der Waals surface area contributed by atoms with Crippen molar-refractivity contribution in [2.75, 3.05) is 5.32 Å². The van der Waals surface area contributed by atoms with Gasteiger partial charge in [-0.05, 0) is 79.4 Å². The van der Waals surface area contributed by atoms with Crippen molar-refractivity contribution in [3.63, 3.8) is 0 Å². The molecule has 2 heterocycles. The molecule has 0 amide bonds. The van der Waals surface area contributed by atoms with Crippen molar-refractivity contribution in [2.45, 2.75) is 13.8 Å². The van der Waals surface area contributed by atoms with Crippen molar-refractivity contribution in [3.05, 3.63) is 101 Å². The highest BCUT2D eigenvalue weighted by molar-refractivity contribution is 5.55. The molecule has 0 fully saturated rings. The van der Waals surface area contributed by atoms with Crippen molar-refractivity contribution in [3.8, 4) is 29.5 Å². The molecular formula is C26H19N5O. The number of anilines is 2. The van der Waals surface area contributed by atoms with Crippen LogP contribution in [0.25, 0.3) is 0 Å². The number of hydrogen-bond acceptors (Lipinski definition) is 6. The lowest BCUT2D eigenvalue weighted by atomic mass is 10.1. The zero-order valence-electron chi connectivity index (χ0n) is 17.6. The fraction of sp³-hybridized carbons (Fsp3) is 0.0769. The number of aromatic nitrogens is 3. The molecule has 0 bridgehead atoms. The van der Waals surface area contributed by atoms with Gasteiger partial charge in [0.05, 0.1) is 11.6 Å². The second kappa shape index (κ2) is 9.42. The van der Waals surface area contributed by atoms with E-state index in [1.807, 2.05) is 44.2 Å². The Bertz CT molecular complexity index is 1320. The zero-order chi connectivity index (χ0) is 22.3. The molecule has 0 atom stereocenters. The second-order valence-electron chi connectivity index (χ2n) is 7.04. The Morgan fingerprint density at radius 2 is 1.62 bits per heavy atom. The van der Waals surface area contributed by atoms with Crippen molar-refractivity contribution in [2.24, 2.45) is 0 Å². The quantitative estimate of drug-likeness (QED) is 0.454. The van der Waals surface area contributed by atoms with Crippen LogP contribution in [0.3, 0.4) is 0 Å². The summed E-state index contributed by atoms with van der Waals surface area (Å²) < 4.78 is 6.08. The third kappa shape index (κ3) is 5.08. The van der Waals surface area contributed by atoms with Crippen LogP contribution < -0.4 is 10.1 Å². The van der Waals surface area contributed by atoms with Gasteiger partial charge in [0, 0.05) is 29.7 Å². The van der Waals surface area contributed by atoms with Gasteiger partial charge in [-0.2, -0.15) is 10.2 Å². The molecule has 0 unspecified atom stereocenters. The molecule has 0 saturated heterocycles. The van der Waals surface area contributed by atoms with E-state index in [1.165, 1.54) is 0 Å². The van der Waals surface area contributed by atoms with Gasteiger partial charge in [-0.3, -0.25) is 0 Å². The first-order chi connectivity index (χ1) is 15.6. The van der Waals surface area contributed by atoms with Gasteiger partial charge in [-0.15, -0.1) is 0 Å². The van der Waals surface area contributed by atoms with E-state index in [9.17, 15) is 0 Å². The normalized spacial score (nSPS) is 9.91. The van der Waals surface area contributed by atoms with Crippen LogP contribution in [-0.2, 0) is 0 Å². The molecule has 32 heavy (non-hydrogen) atoms. The highest BCUT2D eigenvalue weighted by atomic mass is 16.5. The van der Waals surface area contributed by atoms with E-state index >= 15 is 0 Å². The number of nitrogens with zero attached hydrogens (tertiary/aromatic N) is 4. The number of ether oxygens (including phenoxy) is 1. The molecule has 6 heteroatoms. The van der Waals surface area contributed by atoms with E-state index in [1.54, 1.807) is 42.7 Å². The summed E-state index contributed by atoms with van der Waals surface area (Å²) in [6.45, 7) is 3.96. The molecule has 4 rings (SSSR count). The SMILES string of the molecule is Cc1cc(C#Cc2ccccn2)cc(C)c1Oc1ccnc(Nc2ccc(C#N)cc2)n1. The lowest BCUT2D eigenvalue weighted by Gasteiger charge is -2.12. The van der Waals surface area contributed by atoms with Crippen LogP contribution in [0, 0.1) is 37.0 Å². The smallest absolute Gasteiger partial charge is 0.230 e. The van der Waals surface area contributed by atoms with Gasteiger partial charge < -0.3 is 10.1 Å². The van der Waals surface area contributed by atoms with E-state index in [0.29, 0.717) is 17.4 Å². The third-order valence-electron chi connectivity index (χ3n) is 4.57. The second-order valence-corrected chi connectivity index (χ2v) is 7.04. The van der Waals surface area contributed by atoms with Gasteiger partial charge in [0.25, 0.3) is 0 Å². The zero-order valence-corrected chi connectivity index (χ0v) is 17.6. The summed E-state index contributed by atoms with van der Waals surface area (Å²) in [4.78, 5) is 12.9. The summed E-state index contributed by atoms with van der Waals surface area (Å²) in [5.74, 6) is 7.79. The maximum Gasteiger partial charge on any atom is 0.230 e. The van der Waals surface area contributed by atoms with E-state index in [-0.39, 0.29) is 0 Å². The van der Waals surface area contributed by atoms with Crippen molar-refractivity contribution in [1.82, 2.24) is 15.0 Å². The Balaban J connectivity index is 1.52. The topological polar surface area (TPSA) is 83.7 Å². The fourth-order valence-electron chi connectivity index (χ4n) is 3.08. The summed E-state index contributed by atoms with van der Waals surface area (Å²) in [5.41, 5.74) is 4.90. The number of benzene rings is 2. The van der Waals surface area contributed by atoms with Gasteiger partial charge in [0.2, 0.25) is 11.8 Å². The molecule has 154 valence electrons. The number of nitrogens with one attached hydrogen (secondary N) is 1. The number of nitriles is 1. The van der Waals surface area contributed by atoms with Crippen LogP contribution in [0.5, 0.6) is 11.6 Å². The van der Waals surface area contributed by atoms with Crippen LogP contribution in [0.1, 0.15) is 27.9 Å². The van der Waals surface area contributed by atoms with Crippen LogP contribution >= 0.6 is 0 Å². The highest BCUT2D eigenvalue weighted by Gasteiger charge is 2.09. The van der Waals surface area contributed by atoms with Crippen molar-refractivity contribution < 1.29 is 4.74 Å². The van der Waals surface area contributed by atoms with Gasteiger partial charge in [0.15, 0.2) is 0 Å². The van der Waals surface area contributed by atoms with Crippen LogP contribution in [0.15, 0.2) is 73.1 Å². The summed E-state index contributed by atoms with van der Waals surface area (Å²) in [6.07, 6.45) is 3.36. The molecule has 0 spiro atoms. The first kappa shape index (κ1) is 20.6. The average molecular weight is 417 g/mol. The predicted octanol–water partition coefficient (Wildman–Crippen LogP) is 5.30. The number of aryl methyl sites for hydroxylation is 2. The minimum absolute atomic E-state index is 0.403. The molecule has 2 aromatic heterocycles. The summed E-state index contributed by atoms with van der Waals surface area (Å²) in [5, 5.41) is 12.0. The Kier molecular flexibility index (Phi) is 6.06. The maximum absolute atomic E-state index is 8.92. The Hall–Kier alpha value is -4.68. The minimum atomic E-state index is 0.403. The van der Waals surface area contributed by atoms with Crippen molar-refractivity contribution in [1.29, 1.82) is 5.26 Å². The predicted molar refractivity (Wildman–Crippen MR) is 123 cm³/mol. The molecule has 0 aliphatic heterocycles. The molecular weight excluding hydrogens is 398 g/mol. The number of rotatable bonds is 4. The lowest BCUT2D eigenvalue weighted by Crippen LogP contribution is -1.99. The first-order valence-corrected chi connectivity index (χ1v) is 9.93. The molecule has 1 N–H and O–H groups in total. The number of pyridine rings is 1. The Morgan fingerprint density at radius 3 is 2.31 bits per heavy atom. The molecule has 4 aromatic rings. The molecule has 2 aromatic carbocycles. The molecule has 6 nitrogen and oxygen atoms in total. The standard InChI is InChI=1S/C26H19N5O/c1-18-15-21(8-9-22-5-3-4-13-28-22)16-19(2)25(18)32-24-12-14-29-26(31-24)30-23-10-6-20(17-27)7-11-23/h3-7,10-16H,1-2H3,(H,29,30,31). The summed E-state index contributed by atoms with van der Waals surface area (Å²) >= 11 is 0. The molecule has 0 radical (unpaired) electrons. The van der Waals surface area contributed by atoms with Gasteiger partial charge in [0.1, 0.15) is 11.4 Å². The first-order valence-electron chi connectivity index (χ1n) is 9.93. The van der Waals surface area contributed by atoms with E-state index in [0.717, 1.165) is 33.8 Å². The number of hydrogen-bond donors (Lipinski definition) is 1. The molecule has 0 saturated carbocycles. The molecule has 0 aliphatic carbocycles. The fourth-order valence-corrected chi connectivity index (χ4v) is 3.08. The average Bonchev–Trinajstić information content (AvgIpc) is 2.81. The van der Waals surface area contributed by atoms with Crippen LogP contribution in [0.2, 0.25) is 0 Å². The Labute approximate surface area is 186 Å². The van der Waals surface area contributed by atoms with Gasteiger partial charge in [-0.25, -0.2) is 9.97 Å². The monoisotopic (exact) mass is 417 g/mol. The van der Waals surface area contributed by atoms with Gasteiger partial charge in [-0.1, -0.05) is 12.0 Å². The van der Waals surface area contributed by atoms with Crippen LogP contribution in [-0.4, -0.2) is 15.0 Å².